The molecule has 1 rings (SSSR count). The minimum absolute atomic E-state index is 0.453. The van der Waals surface area contributed by atoms with Crippen molar-refractivity contribution in [3.8, 4) is 0 Å². The molecule has 0 saturated carbocycles. The molecule has 0 aliphatic heterocycles. The lowest BCUT2D eigenvalue weighted by atomic mass is 10.1. The molecule has 18 heavy (non-hydrogen) atoms. The van der Waals surface area contributed by atoms with Gasteiger partial charge in [0.2, 0.25) is 0 Å². The van der Waals surface area contributed by atoms with Crippen molar-refractivity contribution in [1.82, 2.24) is 0 Å². The van der Waals surface area contributed by atoms with E-state index in [9.17, 15) is 0 Å². The molecule has 0 saturated heterocycles. The maximum absolute atomic E-state index is 5.57. The Morgan fingerprint density at radius 2 is 1.89 bits per heavy atom. The van der Waals surface area contributed by atoms with Crippen molar-refractivity contribution in [1.29, 1.82) is 0 Å². The Balaban J connectivity index is 2.35. The molecule has 3 N–H and O–H groups in total. The van der Waals surface area contributed by atoms with E-state index in [1.807, 2.05) is 24.3 Å². The predicted molar refractivity (Wildman–Crippen MR) is 84.2 cm³/mol. The van der Waals surface area contributed by atoms with E-state index in [-0.39, 0.29) is 0 Å². The van der Waals surface area contributed by atoms with Crippen LogP contribution < -0.4 is 11.1 Å². The van der Waals surface area contributed by atoms with Gasteiger partial charge < -0.3 is 11.1 Å². The van der Waals surface area contributed by atoms with Crippen molar-refractivity contribution in [2.45, 2.75) is 52.0 Å². The monoisotopic (exact) mass is 264 g/mol. The first-order valence-corrected chi connectivity index (χ1v) is 7.20. The quantitative estimate of drug-likeness (QED) is 0.548. The molecule has 1 aromatic carbocycles. The summed E-state index contributed by atoms with van der Waals surface area (Å²) in [4.78, 5) is 0.453. The summed E-state index contributed by atoms with van der Waals surface area (Å²) in [5.74, 6) is 0. The van der Waals surface area contributed by atoms with Gasteiger partial charge in [0.25, 0.3) is 0 Å². The van der Waals surface area contributed by atoms with E-state index in [1.54, 1.807) is 0 Å². The van der Waals surface area contributed by atoms with Crippen LogP contribution in [0.1, 0.15) is 51.5 Å². The number of hydrogen-bond donors (Lipinski definition) is 2. The highest BCUT2D eigenvalue weighted by Gasteiger charge is 2.02. The zero-order valence-electron chi connectivity index (χ0n) is 11.4. The average Bonchev–Trinajstić information content (AvgIpc) is 2.35. The van der Waals surface area contributed by atoms with Gasteiger partial charge in [-0.05, 0) is 37.6 Å². The summed E-state index contributed by atoms with van der Waals surface area (Å²) in [6, 6.07) is 8.52. The summed E-state index contributed by atoms with van der Waals surface area (Å²) in [5.41, 5.74) is 7.63. The molecule has 0 bridgehead atoms. The first kappa shape index (κ1) is 15.0. The second-order valence-corrected chi connectivity index (χ2v) is 5.28. The fourth-order valence-corrected chi connectivity index (χ4v) is 2.10. The number of hydrogen-bond acceptors (Lipinski definition) is 2. The number of thiocarbonyl (C=S) groups is 1. The van der Waals surface area contributed by atoms with Crippen LogP contribution in [0.3, 0.4) is 0 Å². The lowest BCUT2D eigenvalue weighted by Gasteiger charge is -2.15. The minimum Gasteiger partial charge on any atom is -0.389 e. The van der Waals surface area contributed by atoms with Crippen molar-refractivity contribution in [3.05, 3.63) is 29.8 Å². The van der Waals surface area contributed by atoms with E-state index < -0.39 is 0 Å². The Morgan fingerprint density at radius 1 is 1.22 bits per heavy atom. The molecule has 100 valence electrons. The number of nitrogens with two attached hydrogens (primary N) is 1. The van der Waals surface area contributed by atoms with E-state index in [0.717, 1.165) is 11.3 Å². The van der Waals surface area contributed by atoms with E-state index in [4.69, 9.17) is 18.0 Å². The number of benzene rings is 1. The summed E-state index contributed by atoms with van der Waals surface area (Å²) >= 11 is 4.93. The molecular formula is C15H24N2S. The molecule has 0 fully saturated rings. The molecule has 0 aliphatic carbocycles. The van der Waals surface area contributed by atoms with Gasteiger partial charge in [0.05, 0.1) is 0 Å². The summed E-state index contributed by atoms with van der Waals surface area (Å²) in [6.07, 6.45) is 6.49. The first-order valence-electron chi connectivity index (χ1n) is 6.80. The smallest absolute Gasteiger partial charge is 0.103 e. The predicted octanol–water partition coefficient (Wildman–Crippen LogP) is 4.09. The molecule has 0 heterocycles. The third-order valence-corrected chi connectivity index (χ3v) is 3.31. The molecule has 0 radical (unpaired) electrons. The van der Waals surface area contributed by atoms with Gasteiger partial charge in [-0.1, -0.05) is 44.8 Å². The molecular weight excluding hydrogens is 240 g/mol. The first-order chi connectivity index (χ1) is 8.63. The molecule has 0 aromatic heterocycles. The Labute approximate surface area is 116 Å². The van der Waals surface area contributed by atoms with Gasteiger partial charge in [0.1, 0.15) is 4.99 Å². The number of nitrogens with one attached hydrogen (secondary N) is 1. The standard InChI is InChI=1S/C15H24N2S/c1-3-4-5-6-7-12(2)17-14-10-8-13(9-11-14)15(16)18/h8-12,17H,3-7H2,1-2H3,(H2,16,18). The van der Waals surface area contributed by atoms with Crippen LogP contribution in [0.25, 0.3) is 0 Å². The maximum atomic E-state index is 5.57. The second kappa shape index (κ2) is 8.09. The Hall–Kier alpha value is -1.09. The molecule has 0 amide bonds. The van der Waals surface area contributed by atoms with Crippen LogP contribution in [0.5, 0.6) is 0 Å². The molecule has 0 aliphatic rings. The van der Waals surface area contributed by atoms with Crippen LogP contribution in [-0.4, -0.2) is 11.0 Å². The van der Waals surface area contributed by atoms with Gasteiger partial charge in [-0.15, -0.1) is 0 Å². The minimum atomic E-state index is 0.453. The SMILES string of the molecule is CCCCCCC(C)Nc1ccc(C(N)=S)cc1. The summed E-state index contributed by atoms with van der Waals surface area (Å²) in [7, 11) is 0. The summed E-state index contributed by atoms with van der Waals surface area (Å²) in [6.45, 7) is 4.47. The third kappa shape index (κ3) is 5.50. The van der Waals surface area contributed by atoms with Gasteiger partial charge in [0.15, 0.2) is 0 Å². The normalized spacial score (nSPS) is 12.1. The summed E-state index contributed by atoms with van der Waals surface area (Å²) < 4.78 is 0. The largest absolute Gasteiger partial charge is 0.389 e. The van der Waals surface area contributed by atoms with Crippen molar-refractivity contribution >= 4 is 22.9 Å². The van der Waals surface area contributed by atoms with Gasteiger partial charge >= 0.3 is 0 Å². The molecule has 2 nitrogen and oxygen atoms in total. The topological polar surface area (TPSA) is 38.0 Å². The number of anilines is 1. The van der Waals surface area contributed by atoms with Crippen LogP contribution in [0.2, 0.25) is 0 Å². The van der Waals surface area contributed by atoms with Crippen molar-refractivity contribution in [3.63, 3.8) is 0 Å². The summed E-state index contributed by atoms with van der Waals surface area (Å²) in [5, 5.41) is 3.50. The van der Waals surface area contributed by atoms with Crippen LogP contribution in [0, 0.1) is 0 Å². The van der Waals surface area contributed by atoms with Crippen LogP contribution in [-0.2, 0) is 0 Å². The Bertz CT molecular complexity index is 359. The molecule has 3 heteroatoms. The highest BCUT2D eigenvalue weighted by atomic mass is 32.1. The number of unbranched alkanes of at least 4 members (excludes halogenated alkanes) is 3. The Morgan fingerprint density at radius 3 is 2.44 bits per heavy atom. The second-order valence-electron chi connectivity index (χ2n) is 4.84. The lowest BCUT2D eigenvalue weighted by Crippen LogP contribution is -2.15. The fourth-order valence-electron chi connectivity index (χ4n) is 1.96. The van der Waals surface area contributed by atoms with Crippen molar-refractivity contribution in [2.24, 2.45) is 5.73 Å². The third-order valence-electron chi connectivity index (χ3n) is 3.07. The Kier molecular flexibility index (Phi) is 6.73. The molecule has 1 unspecified atom stereocenters. The van der Waals surface area contributed by atoms with Crippen LogP contribution in [0.4, 0.5) is 5.69 Å². The molecule has 1 atom stereocenters. The van der Waals surface area contributed by atoms with Gasteiger partial charge in [-0.25, -0.2) is 0 Å². The molecule has 1 aromatic rings. The van der Waals surface area contributed by atoms with E-state index in [0.29, 0.717) is 11.0 Å². The van der Waals surface area contributed by atoms with Gasteiger partial charge in [0, 0.05) is 17.3 Å². The highest BCUT2D eigenvalue weighted by molar-refractivity contribution is 7.80. The zero-order valence-corrected chi connectivity index (χ0v) is 12.2. The highest BCUT2D eigenvalue weighted by Crippen LogP contribution is 2.13. The average molecular weight is 264 g/mol. The number of rotatable bonds is 8. The van der Waals surface area contributed by atoms with Gasteiger partial charge in [-0.2, -0.15) is 0 Å². The van der Waals surface area contributed by atoms with E-state index in [2.05, 4.69) is 19.2 Å². The van der Waals surface area contributed by atoms with Crippen molar-refractivity contribution < 1.29 is 0 Å². The lowest BCUT2D eigenvalue weighted by molar-refractivity contribution is 0.594. The van der Waals surface area contributed by atoms with Crippen LogP contribution >= 0.6 is 12.2 Å². The van der Waals surface area contributed by atoms with E-state index >= 15 is 0 Å². The van der Waals surface area contributed by atoms with Gasteiger partial charge in [-0.3, -0.25) is 0 Å². The molecule has 0 spiro atoms. The zero-order chi connectivity index (χ0) is 13.4. The van der Waals surface area contributed by atoms with Crippen molar-refractivity contribution in [2.75, 3.05) is 5.32 Å². The van der Waals surface area contributed by atoms with E-state index in [1.165, 1.54) is 32.1 Å². The van der Waals surface area contributed by atoms with Crippen LogP contribution in [0.15, 0.2) is 24.3 Å². The maximum Gasteiger partial charge on any atom is 0.103 e. The fraction of sp³-hybridized carbons (Fsp3) is 0.533.